The molecule has 0 unspecified atom stereocenters. The van der Waals surface area contributed by atoms with Crippen molar-refractivity contribution >= 4 is 21.8 Å². The number of carbonyl (C=O) groups is 1. The van der Waals surface area contributed by atoms with Gasteiger partial charge in [0.25, 0.3) is 5.91 Å². The lowest BCUT2D eigenvalue weighted by atomic mass is 10.3. The summed E-state index contributed by atoms with van der Waals surface area (Å²) < 4.78 is 2.34. The Bertz CT molecular complexity index is 362. The van der Waals surface area contributed by atoms with E-state index in [1.165, 1.54) is 7.11 Å². The van der Waals surface area contributed by atoms with Crippen molar-refractivity contribution in [2.24, 2.45) is 7.05 Å². The van der Waals surface area contributed by atoms with Gasteiger partial charge in [-0.25, -0.2) is 5.06 Å². The molecule has 0 spiro atoms. The van der Waals surface area contributed by atoms with E-state index in [2.05, 4.69) is 21.0 Å². The SMILES string of the molecule is CON(C)C(=O)c1nn(C)c(C)c1Br. The standard InChI is InChI=1S/C8H12BrN3O2/c1-5-6(9)7(10-11(5)2)8(13)12(3)14-4/h1-4H3. The van der Waals surface area contributed by atoms with E-state index >= 15 is 0 Å². The minimum atomic E-state index is -0.275. The van der Waals surface area contributed by atoms with Crippen LogP contribution in [0.3, 0.4) is 0 Å². The molecule has 14 heavy (non-hydrogen) atoms. The Hall–Kier alpha value is -0.880. The molecule has 0 saturated heterocycles. The third kappa shape index (κ3) is 1.80. The first-order valence-corrected chi connectivity index (χ1v) is 4.79. The first-order chi connectivity index (χ1) is 6.49. The van der Waals surface area contributed by atoms with Crippen molar-refractivity contribution in [3.8, 4) is 0 Å². The van der Waals surface area contributed by atoms with E-state index in [0.717, 1.165) is 10.8 Å². The molecule has 0 saturated carbocycles. The number of carbonyl (C=O) groups excluding carboxylic acids is 1. The highest BCUT2D eigenvalue weighted by Gasteiger charge is 2.20. The normalized spacial score (nSPS) is 10.4. The van der Waals surface area contributed by atoms with Crippen LogP contribution in [-0.4, -0.2) is 34.9 Å². The molecule has 1 aromatic heterocycles. The highest BCUT2D eigenvalue weighted by molar-refractivity contribution is 9.10. The van der Waals surface area contributed by atoms with Crippen molar-refractivity contribution in [2.75, 3.05) is 14.2 Å². The van der Waals surface area contributed by atoms with Crippen LogP contribution >= 0.6 is 15.9 Å². The van der Waals surface area contributed by atoms with Crippen LogP contribution < -0.4 is 0 Å². The summed E-state index contributed by atoms with van der Waals surface area (Å²) >= 11 is 3.31. The lowest BCUT2D eigenvalue weighted by Crippen LogP contribution is -2.26. The van der Waals surface area contributed by atoms with Gasteiger partial charge in [0.15, 0.2) is 5.69 Å². The van der Waals surface area contributed by atoms with Crippen LogP contribution in [0.2, 0.25) is 0 Å². The van der Waals surface area contributed by atoms with Crippen molar-refractivity contribution < 1.29 is 9.63 Å². The minimum Gasteiger partial charge on any atom is -0.274 e. The summed E-state index contributed by atoms with van der Waals surface area (Å²) in [7, 11) is 4.75. The molecule has 1 aromatic rings. The highest BCUT2D eigenvalue weighted by Crippen LogP contribution is 2.20. The number of hydrogen-bond acceptors (Lipinski definition) is 3. The van der Waals surface area contributed by atoms with Crippen LogP contribution in [0.1, 0.15) is 16.2 Å². The smallest absolute Gasteiger partial charge is 0.274 e. The molecule has 1 amide bonds. The van der Waals surface area contributed by atoms with Gasteiger partial charge in [0.05, 0.1) is 17.3 Å². The zero-order valence-electron chi connectivity index (χ0n) is 8.54. The van der Waals surface area contributed by atoms with E-state index in [4.69, 9.17) is 4.84 Å². The van der Waals surface area contributed by atoms with Gasteiger partial charge in [0.1, 0.15) is 0 Å². The molecule has 1 heterocycles. The number of rotatable bonds is 2. The van der Waals surface area contributed by atoms with Crippen molar-refractivity contribution in [3.05, 3.63) is 15.9 Å². The first kappa shape index (κ1) is 11.2. The number of aryl methyl sites for hydroxylation is 1. The predicted molar refractivity (Wildman–Crippen MR) is 54.7 cm³/mol. The number of halogens is 1. The van der Waals surface area contributed by atoms with Crippen molar-refractivity contribution in [1.82, 2.24) is 14.8 Å². The first-order valence-electron chi connectivity index (χ1n) is 4.00. The highest BCUT2D eigenvalue weighted by atomic mass is 79.9. The second-order valence-corrected chi connectivity index (χ2v) is 3.65. The Kier molecular flexibility index (Phi) is 3.28. The molecule has 0 bridgehead atoms. The monoisotopic (exact) mass is 261 g/mol. The van der Waals surface area contributed by atoms with E-state index in [1.54, 1.807) is 18.8 Å². The van der Waals surface area contributed by atoms with E-state index in [9.17, 15) is 4.79 Å². The van der Waals surface area contributed by atoms with Gasteiger partial charge in [-0.05, 0) is 22.9 Å². The van der Waals surface area contributed by atoms with E-state index < -0.39 is 0 Å². The van der Waals surface area contributed by atoms with Crippen molar-refractivity contribution in [1.29, 1.82) is 0 Å². The molecule has 0 aliphatic carbocycles. The zero-order chi connectivity index (χ0) is 10.9. The maximum atomic E-state index is 11.7. The number of aromatic nitrogens is 2. The Balaban J connectivity index is 3.08. The predicted octanol–water partition coefficient (Wildman–Crippen LogP) is 1.12. The summed E-state index contributed by atoms with van der Waals surface area (Å²) in [4.78, 5) is 16.4. The minimum absolute atomic E-state index is 0.275. The fourth-order valence-electron chi connectivity index (χ4n) is 0.951. The molecule has 6 heteroatoms. The lowest BCUT2D eigenvalue weighted by molar-refractivity contribution is -0.0761. The van der Waals surface area contributed by atoms with Crippen LogP contribution in [0.5, 0.6) is 0 Å². The van der Waals surface area contributed by atoms with Crippen LogP contribution in [0.4, 0.5) is 0 Å². The van der Waals surface area contributed by atoms with Gasteiger partial charge in [-0.3, -0.25) is 14.3 Å². The van der Waals surface area contributed by atoms with E-state index in [0.29, 0.717) is 10.2 Å². The molecule has 0 aliphatic rings. The Morgan fingerprint density at radius 3 is 2.57 bits per heavy atom. The zero-order valence-corrected chi connectivity index (χ0v) is 10.1. The number of hydrogen-bond donors (Lipinski definition) is 0. The number of hydroxylamine groups is 2. The average molecular weight is 262 g/mol. The molecule has 0 aromatic carbocycles. The molecular formula is C8H12BrN3O2. The van der Waals surface area contributed by atoms with Crippen LogP contribution in [0, 0.1) is 6.92 Å². The number of amides is 1. The molecule has 0 fully saturated rings. The van der Waals surface area contributed by atoms with Crippen molar-refractivity contribution in [3.63, 3.8) is 0 Å². The summed E-state index contributed by atoms with van der Waals surface area (Å²) in [5.74, 6) is -0.275. The van der Waals surface area contributed by atoms with Crippen LogP contribution in [0.15, 0.2) is 4.47 Å². The fraction of sp³-hybridized carbons (Fsp3) is 0.500. The summed E-state index contributed by atoms with van der Waals surface area (Å²) in [6, 6.07) is 0. The molecule has 5 nitrogen and oxygen atoms in total. The summed E-state index contributed by atoms with van der Waals surface area (Å²) in [6.07, 6.45) is 0. The third-order valence-corrected chi connectivity index (χ3v) is 2.97. The van der Waals surface area contributed by atoms with Gasteiger partial charge in [0, 0.05) is 14.1 Å². The summed E-state index contributed by atoms with van der Waals surface area (Å²) in [5.41, 5.74) is 1.26. The molecule has 0 atom stereocenters. The summed E-state index contributed by atoms with van der Waals surface area (Å²) in [5, 5.41) is 5.21. The van der Waals surface area contributed by atoms with Crippen LogP contribution in [-0.2, 0) is 11.9 Å². The largest absolute Gasteiger partial charge is 0.298 e. The van der Waals surface area contributed by atoms with Gasteiger partial charge in [-0.15, -0.1) is 0 Å². The summed E-state index contributed by atoms with van der Waals surface area (Å²) in [6.45, 7) is 1.88. The second-order valence-electron chi connectivity index (χ2n) is 2.86. The molecule has 0 N–H and O–H groups in total. The quantitative estimate of drug-likeness (QED) is 0.750. The molecular weight excluding hydrogens is 250 g/mol. The Labute approximate surface area is 90.7 Å². The third-order valence-electron chi connectivity index (χ3n) is 2.02. The van der Waals surface area contributed by atoms with Gasteiger partial charge >= 0.3 is 0 Å². The van der Waals surface area contributed by atoms with E-state index in [1.807, 2.05) is 6.92 Å². The lowest BCUT2D eigenvalue weighted by Gasteiger charge is -2.11. The maximum Gasteiger partial charge on any atom is 0.298 e. The fourth-order valence-corrected chi connectivity index (χ4v) is 1.46. The Morgan fingerprint density at radius 2 is 2.21 bits per heavy atom. The average Bonchev–Trinajstić information content (AvgIpc) is 2.43. The van der Waals surface area contributed by atoms with Gasteiger partial charge in [-0.2, -0.15) is 5.10 Å². The van der Waals surface area contributed by atoms with E-state index in [-0.39, 0.29) is 5.91 Å². The van der Waals surface area contributed by atoms with Crippen molar-refractivity contribution in [2.45, 2.75) is 6.92 Å². The topological polar surface area (TPSA) is 47.4 Å². The van der Waals surface area contributed by atoms with Gasteiger partial charge in [-0.1, -0.05) is 0 Å². The molecule has 1 rings (SSSR count). The van der Waals surface area contributed by atoms with Gasteiger partial charge < -0.3 is 0 Å². The molecule has 78 valence electrons. The second kappa shape index (κ2) is 4.10. The van der Waals surface area contributed by atoms with Gasteiger partial charge in [0.2, 0.25) is 0 Å². The van der Waals surface area contributed by atoms with Crippen LogP contribution in [0.25, 0.3) is 0 Å². The maximum absolute atomic E-state index is 11.7. The molecule has 0 aliphatic heterocycles. The molecule has 0 radical (unpaired) electrons. The Morgan fingerprint density at radius 1 is 1.64 bits per heavy atom. The number of nitrogens with zero attached hydrogens (tertiary/aromatic N) is 3.